The first-order valence-corrected chi connectivity index (χ1v) is 8.31. The van der Waals surface area contributed by atoms with Gasteiger partial charge < -0.3 is 25.5 Å². The summed E-state index contributed by atoms with van der Waals surface area (Å²) in [6.07, 6.45) is -0.164. The molecule has 0 aliphatic rings. The number of benzene rings is 1. The summed E-state index contributed by atoms with van der Waals surface area (Å²) in [7, 11) is 0. The smallest absolute Gasteiger partial charge is 0.338 e. The van der Waals surface area contributed by atoms with Crippen molar-refractivity contribution in [1.82, 2.24) is 0 Å². The van der Waals surface area contributed by atoms with Crippen LogP contribution in [0.3, 0.4) is 0 Å². The molecule has 0 radical (unpaired) electrons. The molecule has 1 aromatic rings. The summed E-state index contributed by atoms with van der Waals surface area (Å²) < 4.78 is 0. The minimum Gasteiger partial charge on any atom is -0.508 e. The van der Waals surface area contributed by atoms with Crippen LogP contribution in [0.2, 0.25) is 0 Å². The third-order valence-corrected chi connectivity index (χ3v) is 4.69. The number of aliphatic carboxylic acids is 3. The molecule has 1 aromatic carbocycles. The van der Waals surface area contributed by atoms with Gasteiger partial charge in [0, 0.05) is 0 Å². The Balaban J connectivity index is 3.93. The fourth-order valence-corrected chi connectivity index (χ4v) is 3.52. The van der Waals surface area contributed by atoms with E-state index in [1.165, 1.54) is 18.2 Å². The Bertz CT molecular complexity index is 686. The molecule has 3 atom stereocenters. The molecule has 5 N–H and O–H groups in total. The first-order valence-electron chi connectivity index (χ1n) is 8.31. The van der Waals surface area contributed by atoms with Crippen LogP contribution in [0, 0.1) is 5.92 Å². The van der Waals surface area contributed by atoms with Crippen LogP contribution in [0.1, 0.15) is 45.1 Å². The summed E-state index contributed by atoms with van der Waals surface area (Å²) in [6.45, 7) is 3.20. The zero-order valence-corrected chi connectivity index (χ0v) is 14.7. The predicted octanol–water partition coefficient (Wildman–Crippen LogP) is 1.83. The second-order valence-electron chi connectivity index (χ2n) is 6.26. The molecule has 0 saturated heterocycles. The van der Waals surface area contributed by atoms with Crippen LogP contribution in [0.5, 0.6) is 5.75 Å². The lowest BCUT2D eigenvalue weighted by Crippen LogP contribution is -2.66. The molecule has 0 aliphatic carbocycles. The van der Waals surface area contributed by atoms with Gasteiger partial charge in [-0.1, -0.05) is 38.8 Å². The number of carboxylic acids is 3. The number of phenolic OH excluding ortho intramolecular Hbond substituents is 1. The highest BCUT2D eigenvalue weighted by Crippen LogP contribution is 2.46. The Hall–Kier alpha value is -2.61. The topological polar surface area (TPSA) is 152 Å². The summed E-state index contributed by atoms with van der Waals surface area (Å²) in [5, 5.41) is 50.2. The molecule has 0 heterocycles. The molecule has 0 fully saturated rings. The minimum atomic E-state index is -3.12. The molecule has 0 saturated carbocycles. The number of carbonyl (C=O) groups is 3. The molecule has 0 amide bonds. The lowest BCUT2D eigenvalue weighted by Gasteiger charge is -2.44. The average molecular weight is 368 g/mol. The predicted molar refractivity (Wildman–Crippen MR) is 90.9 cm³/mol. The van der Waals surface area contributed by atoms with Gasteiger partial charge in [-0.15, -0.1) is 0 Å². The Morgan fingerprint density at radius 1 is 1.04 bits per heavy atom. The van der Waals surface area contributed by atoms with Crippen molar-refractivity contribution in [3.8, 4) is 5.75 Å². The number of aliphatic hydroxyl groups is 1. The molecule has 8 nitrogen and oxygen atoms in total. The van der Waals surface area contributed by atoms with Gasteiger partial charge in [0.25, 0.3) is 0 Å². The maximum Gasteiger partial charge on any atom is 0.338 e. The maximum absolute atomic E-state index is 12.3. The number of rotatable bonds is 10. The van der Waals surface area contributed by atoms with E-state index in [4.69, 9.17) is 0 Å². The monoisotopic (exact) mass is 368 g/mol. The maximum atomic E-state index is 12.3. The van der Waals surface area contributed by atoms with E-state index >= 15 is 0 Å². The number of aromatic hydroxyl groups is 1. The first-order chi connectivity index (χ1) is 12.1. The summed E-state index contributed by atoms with van der Waals surface area (Å²) in [5.74, 6) is -7.37. The summed E-state index contributed by atoms with van der Waals surface area (Å²) >= 11 is 0. The average Bonchev–Trinajstić information content (AvgIpc) is 2.56. The zero-order chi connectivity index (χ0) is 20.1. The third kappa shape index (κ3) is 3.37. The Labute approximate surface area is 150 Å². The van der Waals surface area contributed by atoms with Crippen molar-refractivity contribution < 1.29 is 39.9 Å². The number of carboxylic acid groups (broad SMARTS) is 3. The molecular formula is C18H24O8. The number of hydrogen-bond donors (Lipinski definition) is 5. The van der Waals surface area contributed by atoms with Gasteiger partial charge in [0.1, 0.15) is 11.2 Å². The van der Waals surface area contributed by atoms with Crippen molar-refractivity contribution >= 4 is 17.9 Å². The molecule has 0 aliphatic heterocycles. The number of phenols is 1. The lowest BCUT2D eigenvalue weighted by molar-refractivity contribution is -0.194. The second kappa shape index (κ2) is 8.18. The largest absolute Gasteiger partial charge is 0.508 e. The van der Waals surface area contributed by atoms with Gasteiger partial charge in [0.05, 0.1) is 5.92 Å². The molecule has 1 rings (SSSR count). The molecule has 0 spiro atoms. The quantitative estimate of drug-likeness (QED) is 0.419. The van der Waals surface area contributed by atoms with Crippen molar-refractivity contribution in [3.05, 3.63) is 29.8 Å². The van der Waals surface area contributed by atoms with E-state index in [9.17, 15) is 39.9 Å². The van der Waals surface area contributed by atoms with E-state index in [2.05, 4.69) is 0 Å². The standard InChI is InChI=1S/C18H24O8/c1-3-6-13(14(20)21)18(26,16(24)25)17(9-4-2,15(22)23)11-7-5-8-12(19)10-11/h5,7-8,10,13,19,26H,3-4,6,9H2,1-2H3,(H,20,21)(H,22,23)(H,24,25). The van der Waals surface area contributed by atoms with Gasteiger partial charge in [-0.2, -0.15) is 0 Å². The highest BCUT2D eigenvalue weighted by molar-refractivity contribution is 5.97. The lowest BCUT2D eigenvalue weighted by atomic mass is 9.59. The Morgan fingerprint density at radius 3 is 2.04 bits per heavy atom. The van der Waals surface area contributed by atoms with Crippen molar-refractivity contribution in [1.29, 1.82) is 0 Å². The molecule has 0 bridgehead atoms. The molecule has 8 heteroatoms. The third-order valence-electron chi connectivity index (χ3n) is 4.69. The van der Waals surface area contributed by atoms with E-state index in [1.54, 1.807) is 13.8 Å². The Kier molecular flexibility index (Phi) is 6.74. The van der Waals surface area contributed by atoms with Gasteiger partial charge in [-0.05, 0) is 30.5 Å². The molecule has 0 aromatic heterocycles. The summed E-state index contributed by atoms with van der Waals surface area (Å²) in [5.41, 5.74) is -5.74. The van der Waals surface area contributed by atoms with Gasteiger partial charge in [-0.3, -0.25) is 9.59 Å². The van der Waals surface area contributed by atoms with Crippen molar-refractivity contribution in [2.45, 2.75) is 50.5 Å². The van der Waals surface area contributed by atoms with Crippen LogP contribution in [0.4, 0.5) is 0 Å². The Morgan fingerprint density at radius 2 is 1.65 bits per heavy atom. The summed E-state index contributed by atoms with van der Waals surface area (Å²) in [6, 6.07) is 4.89. The molecule has 3 unspecified atom stereocenters. The molecular weight excluding hydrogens is 344 g/mol. The number of hydrogen-bond acceptors (Lipinski definition) is 5. The van der Waals surface area contributed by atoms with E-state index < -0.39 is 34.8 Å². The van der Waals surface area contributed by atoms with E-state index in [0.29, 0.717) is 0 Å². The normalized spacial score (nSPS) is 16.9. The minimum absolute atomic E-state index is 0.163. The van der Waals surface area contributed by atoms with Crippen LogP contribution < -0.4 is 0 Å². The fraction of sp³-hybridized carbons (Fsp3) is 0.500. The van der Waals surface area contributed by atoms with Crippen molar-refractivity contribution in [2.24, 2.45) is 5.92 Å². The highest BCUT2D eigenvalue weighted by Gasteiger charge is 2.66. The summed E-state index contributed by atoms with van der Waals surface area (Å²) in [4.78, 5) is 36.1. The first kappa shape index (κ1) is 21.4. The van der Waals surface area contributed by atoms with Crippen molar-refractivity contribution in [2.75, 3.05) is 0 Å². The van der Waals surface area contributed by atoms with Crippen LogP contribution >= 0.6 is 0 Å². The van der Waals surface area contributed by atoms with Crippen LogP contribution in [0.25, 0.3) is 0 Å². The second-order valence-corrected chi connectivity index (χ2v) is 6.26. The van der Waals surface area contributed by atoms with Crippen LogP contribution in [-0.2, 0) is 19.8 Å². The fourth-order valence-electron chi connectivity index (χ4n) is 3.52. The van der Waals surface area contributed by atoms with Gasteiger partial charge in [0.15, 0.2) is 5.60 Å². The van der Waals surface area contributed by atoms with Gasteiger partial charge in [-0.25, -0.2) is 4.79 Å². The van der Waals surface area contributed by atoms with E-state index in [-0.39, 0.29) is 37.0 Å². The molecule has 144 valence electrons. The van der Waals surface area contributed by atoms with E-state index in [1.807, 2.05) is 0 Å². The van der Waals surface area contributed by atoms with Crippen molar-refractivity contribution in [3.63, 3.8) is 0 Å². The SMILES string of the molecule is CCCC(C(=O)O)C(O)(C(=O)O)C(CCC)(C(=O)O)c1cccc(O)c1. The van der Waals surface area contributed by atoms with Gasteiger partial charge in [0.2, 0.25) is 0 Å². The van der Waals surface area contributed by atoms with Crippen LogP contribution in [-0.4, -0.2) is 49.0 Å². The van der Waals surface area contributed by atoms with Crippen LogP contribution in [0.15, 0.2) is 24.3 Å². The molecule has 26 heavy (non-hydrogen) atoms. The van der Waals surface area contributed by atoms with E-state index in [0.717, 1.165) is 6.07 Å². The zero-order valence-electron chi connectivity index (χ0n) is 14.7. The highest BCUT2D eigenvalue weighted by atomic mass is 16.4. The van der Waals surface area contributed by atoms with Gasteiger partial charge >= 0.3 is 17.9 Å².